The maximum atomic E-state index is 5.35. The molecule has 0 atom stereocenters. The first-order valence-corrected chi connectivity index (χ1v) is 9.60. The summed E-state index contributed by atoms with van der Waals surface area (Å²) in [6, 6.07) is 0. The van der Waals surface area contributed by atoms with Crippen LogP contribution in [-0.4, -0.2) is 110 Å². The fourth-order valence-corrected chi connectivity index (χ4v) is 2.94. The number of hydrogen-bond acceptors (Lipinski definition) is 11. The highest BCUT2D eigenvalue weighted by molar-refractivity contribution is 5.96. The molecule has 0 aromatic carbocycles. The fourth-order valence-electron chi connectivity index (χ4n) is 2.94. The number of ether oxygens (including phenoxy) is 6. The van der Waals surface area contributed by atoms with Gasteiger partial charge in [-0.25, -0.2) is 0 Å². The van der Waals surface area contributed by atoms with Crippen LogP contribution in [0.15, 0.2) is 21.4 Å². The van der Waals surface area contributed by atoms with Gasteiger partial charge in [-0.15, -0.1) is 0 Å². The highest BCUT2D eigenvalue weighted by Crippen LogP contribution is 2.21. The topological polar surface area (TPSA) is 89.8 Å². The third-order valence-corrected chi connectivity index (χ3v) is 4.20. The van der Waals surface area contributed by atoms with Crippen molar-refractivity contribution < 1.29 is 28.4 Å². The van der Waals surface area contributed by atoms with Crippen LogP contribution in [0.2, 0.25) is 0 Å². The summed E-state index contributed by atoms with van der Waals surface area (Å²) in [5.74, 6) is 2.01. The van der Waals surface area contributed by atoms with Gasteiger partial charge in [-0.05, 0) is 18.9 Å². The van der Waals surface area contributed by atoms with Gasteiger partial charge in [0.25, 0.3) is 0 Å². The molecule has 0 saturated heterocycles. The van der Waals surface area contributed by atoms with Gasteiger partial charge in [-0.1, -0.05) is 0 Å². The number of hydrogen-bond donors (Lipinski definition) is 0. The van der Waals surface area contributed by atoms with Crippen LogP contribution >= 0.6 is 0 Å². The van der Waals surface area contributed by atoms with E-state index in [0.717, 1.165) is 23.7 Å². The van der Waals surface area contributed by atoms with Crippen LogP contribution in [0, 0.1) is 0 Å². The molecule has 0 unspecified atom stereocenters. The molecule has 0 aromatic rings. The van der Waals surface area contributed by atoms with Gasteiger partial charge in [-0.2, -0.15) is 9.98 Å². The van der Waals surface area contributed by atoms with Gasteiger partial charge in [-0.3, -0.25) is 4.90 Å². The van der Waals surface area contributed by atoms with Crippen molar-refractivity contribution in [2.45, 2.75) is 19.8 Å². The molecule has 174 valence electrons. The van der Waals surface area contributed by atoms with Crippen molar-refractivity contribution in [2.75, 3.05) is 83.0 Å². The third-order valence-electron chi connectivity index (χ3n) is 4.20. The Bertz CT molecular complexity index is 566. The molecule has 0 aliphatic carbocycles. The predicted octanol–water partition coefficient (Wildman–Crippen LogP) is 1.30. The largest absolute Gasteiger partial charge is 0.364 e. The standard InChI is InChI=1S/C19H37N5O6/c1-16-8-9-17(22(10-25-2)11-26-3)20-19(24(14-29-6)15-30-7)21-18(16)23(12-27-4)13-28-5/h8-15H2,1-7H3/b18-16+,20-17+,21-19+. The molecule has 1 aliphatic rings. The Labute approximate surface area is 179 Å². The number of guanidine groups is 1. The summed E-state index contributed by atoms with van der Waals surface area (Å²) in [6.45, 7) is 3.94. The van der Waals surface area contributed by atoms with E-state index in [-0.39, 0.29) is 13.5 Å². The van der Waals surface area contributed by atoms with Crippen LogP contribution in [0.1, 0.15) is 19.8 Å². The SMILES string of the molecule is COCN(COC)/C1=N/C(N(COC)COC)=N\C(N(COC)COC)=C(\C)CC1. The number of aliphatic imine (C=N–C) groups is 2. The van der Waals surface area contributed by atoms with Crippen molar-refractivity contribution in [3.8, 4) is 0 Å². The third kappa shape index (κ3) is 8.17. The molecule has 0 spiro atoms. The molecule has 0 saturated carbocycles. The quantitative estimate of drug-likeness (QED) is 0.400. The second-order valence-corrected chi connectivity index (χ2v) is 6.67. The summed E-state index contributed by atoms with van der Waals surface area (Å²) < 4.78 is 32.0. The molecule has 0 radical (unpaired) electrons. The summed E-state index contributed by atoms with van der Waals surface area (Å²) in [5.41, 5.74) is 1.08. The van der Waals surface area contributed by atoms with E-state index in [2.05, 4.69) is 0 Å². The number of methoxy groups -OCH3 is 6. The van der Waals surface area contributed by atoms with Gasteiger partial charge in [0.2, 0.25) is 5.96 Å². The van der Waals surface area contributed by atoms with E-state index >= 15 is 0 Å². The molecule has 0 amide bonds. The van der Waals surface area contributed by atoms with Gasteiger partial charge >= 0.3 is 0 Å². The van der Waals surface area contributed by atoms with Crippen molar-refractivity contribution in [2.24, 2.45) is 9.98 Å². The minimum atomic E-state index is 0.263. The molecule has 11 nitrogen and oxygen atoms in total. The maximum Gasteiger partial charge on any atom is 0.232 e. The molecular formula is C19H37N5O6. The molecule has 1 heterocycles. The molecule has 1 aliphatic heterocycles. The number of rotatable bonds is 13. The molecule has 0 aromatic heterocycles. The Balaban J connectivity index is 3.48. The van der Waals surface area contributed by atoms with E-state index < -0.39 is 0 Å². The molecule has 30 heavy (non-hydrogen) atoms. The highest BCUT2D eigenvalue weighted by atomic mass is 16.5. The molecular weight excluding hydrogens is 394 g/mol. The normalized spacial score (nSPS) is 20.6. The lowest BCUT2D eigenvalue weighted by Gasteiger charge is -2.31. The van der Waals surface area contributed by atoms with Gasteiger partial charge in [0.15, 0.2) is 0 Å². The Morgan fingerprint density at radius 2 is 1.03 bits per heavy atom. The molecule has 0 bridgehead atoms. The van der Waals surface area contributed by atoms with E-state index in [1.165, 1.54) is 0 Å². The van der Waals surface area contributed by atoms with Crippen molar-refractivity contribution in [3.63, 3.8) is 0 Å². The molecule has 0 fully saturated rings. The lowest BCUT2D eigenvalue weighted by molar-refractivity contribution is 0.00646. The smallest absolute Gasteiger partial charge is 0.232 e. The Kier molecular flexibility index (Phi) is 13.2. The van der Waals surface area contributed by atoms with Crippen LogP contribution in [-0.2, 0) is 28.4 Å². The van der Waals surface area contributed by atoms with Gasteiger partial charge < -0.3 is 38.2 Å². The number of nitrogens with zero attached hydrogens (tertiary/aromatic N) is 5. The first-order valence-electron chi connectivity index (χ1n) is 9.60. The Morgan fingerprint density at radius 1 is 0.600 bits per heavy atom. The van der Waals surface area contributed by atoms with Crippen molar-refractivity contribution in [3.05, 3.63) is 11.4 Å². The molecule has 1 rings (SSSR count). The zero-order valence-electron chi connectivity index (χ0n) is 19.3. The van der Waals surface area contributed by atoms with Crippen LogP contribution in [0.4, 0.5) is 0 Å². The zero-order chi connectivity index (χ0) is 22.4. The molecule has 11 heteroatoms. The second kappa shape index (κ2) is 15.1. The lowest BCUT2D eigenvalue weighted by Crippen LogP contribution is -2.40. The van der Waals surface area contributed by atoms with Gasteiger partial charge in [0.1, 0.15) is 52.0 Å². The zero-order valence-corrected chi connectivity index (χ0v) is 19.3. The summed E-state index contributed by atoms with van der Waals surface area (Å²) in [7, 11) is 9.78. The molecule has 0 N–H and O–H groups in total. The van der Waals surface area contributed by atoms with Crippen LogP contribution in [0.5, 0.6) is 0 Å². The van der Waals surface area contributed by atoms with Gasteiger partial charge in [0, 0.05) is 49.1 Å². The highest BCUT2D eigenvalue weighted by Gasteiger charge is 2.22. The predicted molar refractivity (Wildman–Crippen MR) is 114 cm³/mol. The van der Waals surface area contributed by atoms with Crippen LogP contribution in [0.3, 0.4) is 0 Å². The first kappa shape index (κ1) is 26.3. The van der Waals surface area contributed by atoms with E-state index in [1.54, 1.807) is 47.6 Å². The van der Waals surface area contributed by atoms with E-state index in [1.807, 2.05) is 16.7 Å². The Morgan fingerprint density at radius 3 is 1.50 bits per heavy atom. The van der Waals surface area contributed by atoms with E-state index in [0.29, 0.717) is 39.3 Å². The summed E-state index contributed by atoms with van der Waals surface area (Å²) in [4.78, 5) is 15.4. The van der Waals surface area contributed by atoms with Crippen LogP contribution < -0.4 is 0 Å². The van der Waals surface area contributed by atoms with E-state index in [9.17, 15) is 0 Å². The van der Waals surface area contributed by atoms with Crippen molar-refractivity contribution in [1.29, 1.82) is 0 Å². The Hall–Kier alpha value is -1.76. The van der Waals surface area contributed by atoms with Crippen LogP contribution in [0.25, 0.3) is 0 Å². The fraction of sp³-hybridized carbons (Fsp3) is 0.789. The average Bonchev–Trinajstić information content (AvgIpc) is 2.71. The number of amidine groups is 1. The summed E-state index contributed by atoms with van der Waals surface area (Å²) >= 11 is 0. The first-order chi connectivity index (χ1) is 14.6. The average molecular weight is 432 g/mol. The van der Waals surface area contributed by atoms with Crippen molar-refractivity contribution in [1.82, 2.24) is 14.7 Å². The maximum absolute atomic E-state index is 5.35. The lowest BCUT2D eigenvalue weighted by atomic mass is 10.1. The summed E-state index contributed by atoms with van der Waals surface area (Å²) in [6.07, 6.45) is 1.44. The van der Waals surface area contributed by atoms with Crippen molar-refractivity contribution >= 4 is 11.8 Å². The van der Waals surface area contributed by atoms with E-state index in [4.69, 9.17) is 38.4 Å². The monoisotopic (exact) mass is 431 g/mol. The number of allylic oxidation sites excluding steroid dienone is 1. The minimum absolute atomic E-state index is 0.263. The minimum Gasteiger partial charge on any atom is -0.364 e. The summed E-state index contributed by atoms with van der Waals surface area (Å²) in [5, 5.41) is 0. The van der Waals surface area contributed by atoms with Gasteiger partial charge in [0.05, 0.1) is 0 Å². The second-order valence-electron chi connectivity index (χ2n) is 6.67.